The number of phenols is 1. The van der Waals surface area contributed by atoms with Crippen LogP contribution in [0.1, 0.15) is 15.9 Å². The molecule has 2 aromatic rings. The molecule has 4 rings (SSSR count). The molecule has 0 bridgehead atoms. The van der Waals surface area contributed by atoms with E-state index >= 15 is 0 Å². The van der Waals surface area contributed by atoms with Crippen LogP contribution in [0.2, 0.25) is 0 Å². The van der Waals surface area contributed by atoms with Crippen molar-refractivity contribution in [3.8, 4) is 17.2 Å². The van der Waals surface area contributed by atoms with Crippen molar-refractivity contribution in [3.63, 3.8) is 0 Å². The molecule has 2 aliphatic rings. The van der Waals surface area contributed by atoms with E-state index in [1.807, 2.05) is 0 Å². The van der Waals surface area contributed by atoms with E-state index in [4.69, 9.17) is 9.47 Å². The van der Waals surface area contributed by atoms with Gasteiger partial charge in [-0.15, -0.1) is 0 Å². The number of aromatic hydroxyl groups is 1. The zero-order chi connectivity index (χ0) is 20.6. The van der Waals surface area contributed by atoms with Gasteiger partial charge in [-0.05, 0) is 30.7 Å². The van der Waals surface area contributed by atoms with Crippen LogP contribution in [-0.4, -0.2) is 68.0 Å². The van der Waals surface area contributed by atoms with Gasteiger partial charge in [0.2, 0.25) is 10.0 Å². The number of nitrogens with zero attached hydrogens (tertiary/aromatic N) is 2. The molecule has 0 aliphatic carbocycles. The summed E-state index contributed by atoms with van der Waals surface area (Å²) in [6, 6.07) is 9.59. The van der Waals surface area contributed by atoms with E-state index in [9.17, 15) is 18.3 Å². The number of rotatable bonds is 3. The van der Waals surface area contributed by atoms with E-state index in [1.165, 1.54) is 16.4 Å². The third kappa shape index (κ3) is 3.63. The fourth-order valence-electron chi connectivity index (χ4n) is 3.47. The van der Waals surface area contributed by atoms with Crippen molar-refractivity contribution in [2.45, 2.75) is 11.8 Å². The molecule has 9 heteroatoms. The van der Waals surface area contributed by atoms with Gasteiger partial charge in [0.1, 0.15) is 19.0 Å². The molecule has 0 atom stereocenters. The summed E-state index contributed by atoms with van der Waals surface area (Å²) in [5.74, 6) is 0.607. The van der Waals surface area contributed by atoms with Crippen LogP contribution in [0, 0.1) is 6.92 Å². The normalized spacial score (nSPS) is 17.2. The van der Waals surface area contributed by atoms with Crippen molar-refractivity contribution >= 4 is 15.9 Å². The highest BCUT2D eigenvalue weighted by molar-refractivity contribution is 7.89. The zero-order valence-electron chi connectivity index (χ0n) is 16.0. The van der Waals surface area contributed by atoms with Gasteiger partial charge < -0.3 is 19.5 Å². The first-order valence-corrected chi connectivity index (χ1v) is 10.8. The van der Waals surface area contributed by atoms with E-state index in [2.05, 4.69) is 0 Å². The number of benzene rings is 2. The maximum atomic E-state index is 13.0. The van der Waals surface area contributed by atoms with Gasteiger partial charge in [-0.25, -0.2) is 8.42 Å². The Morgan fingerprint density at radius 2 is 1.69 bits per heavy atom. The van der Waals surface area contributed by atoms with Crippen molar-refractivity contribution in [2.75, 3.05) is 39.4 Å². The Labute approximate surface area is 169 Å². The lowest BCUT2D eigenvalue weighted by Gasteiger charge is -2.34. The summed E-state index contributed by atoms with van der Waals surface area (Å²) in [6.45, 7) is 3.38. The molecule has 2 aromatic carbocycles. The molecule has 0 saturated carbocycles. The van der Waals surface area contributed by atoms with Crippen LogP contribution in [0.25, 0.3) is 0 Å². The summed E-state index contributed by atoms with van der Waals surface area (Å²) < 4.78 is 38.3. The molecule has 0 spiro atoms. The minimum absolute atomic E-state index is 0.0381. The summed E-state index contributed by atoms with van der Waals surface area (Å²) >= 11 is 0. The molecule has 1 amide bonds. The van der Waals surface area contributed by atoms with Crippen LogP contribution in [-0.2, 0) is 10.0 Å². The molecule has 2 aliphatic heterocycles. The predicted octanol–water partition coefficient (Wildman–Crippen LogP) is 1.62. The smallest absolute Gasteiger partial charge is 0.257 e. The van der Waals surface area contributed by atoms with Gasteiger partial charge >= 0.3 is 0 Å². The Balaban J connectivity index is 1.47. The molecule has 154 valence electrons. The summed E-state index contributed by atoms with van der Waals surface area (Å²) in [7, 11) is -3.71. The second kappa shape index (κ2) is 7.57. The molecule has 1 saturated heterocycles. The van der Waals surface area contributed by atoms with Crippen LogP contribution in [0.4, 0.5) is 0 Å². The topological polar surface area (TPSA) is 96.4 Å². The maximum Gasteiger partial charge on any atom is 0.257 e. The number of para-hydroxylation sites is 1. The van der Waals surface area contributed by atoms with Gasteiger partial charge in [0.05, 0.1) is 10.5 Å². The Hall–Kier alpha value is -2.78. The Bertz CT molecular complexity index is 1040. The summed E-state index contributed by atoms with van der Waals surface area (Å²) in [6.07, 6.45) is 0. The first-order chi connectivity index (χ1) is 13.9. The average molecular weight is 418 g/mol. The standard InChI is InChI=1S/C20H22N2O6S/c1-14-3-2-4-16(19(14)23)20(24)21-7-9-22(10-8-21)29(25,26)15-5-6-17-18(13-15)28-12-11-27-17/h2-6,13,23H,7-12H2,1H3. The number of hydrogen-bond donors (Lipinski definition) is 1. The fourth-order valence-corrected chi connectivity index (χ4v) is 4.90. The first-order valence-electron chi connectivity index (χ1n) is 9.35. The van der Waals surface area contributed by atoms with E-state index in [0.717, 1.165) is 0 Å². The Kier molecular flexibility index (Phi) is 5.10. The predicted molar refractivity (Wildman–Crippen MR) is 105 cm³/mol. The van der Waals surface area contributed by atoms with Gasteiger partial charge in [0.15, 0.2) is 11.5 Å². The molecule has 0 unspecified atom stereocenters. The number of ether oxygens (including phenoxy) is 2. The minimum atomic E-state index is -3.71. The van der Waals surface area contributed by atoms with Gasteiger partial charge in [-0.1, -0.05) is 12.1 Å². The summed E-state index contributed by atoms with van der Waals surface area (Å²) in [5, 5.41) is 10.1. The van der Waals surface area contributed by atoms with Crippen LogP contribution < -0.4 is 9.47 Å². The number of carbonyl (C=O) groups excluding carboxylic acids is 1. The quantitative estimate of drug-likeness (QED) is 0.814. The number of sulfonamides is 1. The van der Waals surface area contributed by atoms with Crippen molar-refractivity contribution in [1.82, 2.24) is 9.21 Å². The van der Waals surface area contributed by atoms with E-state index in [1.54, 1.807) is 36.1 Å². The molecule has 2 heterocycles. The highest BCUT2D eigenvalue weighted by Crippen LogP contribution is 2.33. The highest BCUT2D eigenvalue weighted by Gasteiger charge is 2.32. The largest absolute Gasteiger partial charge is 0.507 e. The second-order valence-corrected chi connectivity index (χ2v) is 8.91. The van der Waals surface area contributed by atoms with Crippen molar-refractivity contribution < 1.29 is 27.8 Å². The van der Waals surface area contributed by atoms with Crippen molar-refractivity contribution in [2.24, 2.45) is 0 Å². The van der Waals surface area contributed by atoms with Crippen molar-refractivity contribution in [3.05, 3.63) is 47.5 Å². The third-order valence-corrected chi connectivity index (χ3v) is 7.04. The molecule has 1 fully saturated rings. The van der Waals surface area contributed by atoms with Gasteiger partial charge in [-0.3, -0.25) is 4.79 Å². The number of piperazine rings is 1. The molecule has 0 aromatic heterocycles. The molecular weight excluding hydrogens is 396 g/mol. The monoisotopic (exact) mass is 418 g/mol. The minimum Gasteiger partial charge on any atom is -0.507 e. The number of carbonyl (C=O) groups is 1. The number of hydrogen-bond acceptors (Lipinski definition) is 6. The van der Waals surface area contributed by atoms with Gasteiger partial charge in [0, 0.05) is 32.2 Å². The number of phenolic OH excluding ortho intramolecular Hbond substituents is 1. The first kappa shape index (κ1) is 19.5. The lowest BCUT2D eigenvalue weighted by atomic mass is 10.1. The van der Waals surface area contributed by atoms with Gasteiger partial charge in [0.25, 0.3) is 5.91 Å². The van der Waals surface area contributed by atoms with Crippen LogP contribution in [0.15, 0.2) is 41.3 Å². The Morgan fingerprint density at radius 3 is 2.41 bits per heavy atom. The highest BCUT2D eigenvalue weighted by atomic mass is 32.2. The van der Waals surface area contributed by atoms with E-state index in [-0.39, 0.29) is 48.3 Å². The average Bonchev–Trinajstić information content (AvgIpc) is 2.75. The van der Waals surface area contributed by atoms with Crippen LogP contribution in [0.5, 0.6) is 17.2 Å². The Morgan fingerprint density at radius 1 is 1.00 bits per heavy atom. The van der Waals surface area contributed by atoms with E-state index < -0.39 is 10.0 Å². The van der Waals surface area contributed by atoms with Crippen molar-refractivity contribution in [1.29, 1.82) is 0 Å². The lowest BCUT2D eigenvalue weighted by Crippen LogP contribution is -2.50. The van der Waals surface area contributed by atoms with Crippen LogP contribution in [0.3, 0.4) is 0 Å². The molecule has 1 N–H and O–H groups in total. The summed E-state index contributed by atoms with van der Waals surface area (Å²) in [5.41, 5.74) is 0.851. The zero-order valence-corrected chi connectivity index (χ0v) is 16.8. The number of aryl methyl sites for hydroxylation is 1. The molecule has 29 heavy (non-hydrogen) atoms. The van der Waals surface area contributed by atoms with Crippen LogP contribution >= 0.6 is 0 Å². The number of amides is 1. The lowest BCUT2D eigenvalue weighted by molar-refractivity contribution is 0.0694. The fraction of sp³-hybridized carbons (Fsp3) is 0.350. The molecular formula is C20H22N2O6S. The second-order valence-electron chi connectivity index (χ2n) is 6.97. The van der Waals surface area contributed by atoms with E-state index in [0.29, 0.717) is 30.3 Å². The third-order valence-electron chi connectivity index (χ3n) is 5.15. The summed E-state index contributed by atoms with van der Waals surface area (Å²) in [4.78, 5) is 14.4. The molecule has 0 radical (unpaired) electrons. The number of fused-ring (bicyclic) bond motifs is 1. The van der Waals surface area contributed by atoms with Gasteiger partial charge in [-0.2, -0.15) is 4.31 Å². The maximum absolute atomic E-state index is 13.0. The molecule has 8 nitrogen and oxygen atoms in total. The SMILES string of the molecule is Cc1cccc(C(=O)N2CCN(S(=O)(=O)c3ccc4c(c3)OCCO4)CC2)c1O.